The fourth-order valence-electron chi connectivity index (χ4n) is 1.92. The van der Waals surface area contributed by atoms with Crippen molar-refractivity contribution in [1.29, 1.82) is 0 Å². The highest BCUT2D eigenvalue weighted by Gasteiger charge is 2.33. The number of hydrogen-bond acceptors (Lipinski definition) is 6. The number of carbonyl (C=O) groups excluding carboxylic acids is 1. The number of alkyl halides is 3. The predicted molar refractivity (Wildman–Crippen MR) is 84.6 cm³/mol. The summed E-state index contributed by atoms with van der Waals surface area (Å²) in [7, 11) is 0. The highest BCUT2D eigenvalue weighted by Crippen LogP contribution is 2.30. The van der Waals surface area contributed by atoms with Crippen LogP contribution in [0.2, 0.25) is 0 Å². The molecular formula is C15H15F3N2O4S. The van der Waals surface area contributed by atoms with E-state index in [1.807, 2.05) is 0 Å². The van der Waals surface area contributed by atoms with Gasteiger partial charge in [0.1, 0.15) is 12.4 Å². The third-order valence-corrected chi connectivity index (χ3v) is 3.06. The van der Waals surface area contributed by atoms with Crippen molar-refractivity contribution in [2.75, 3.05) is 0 Å². The number of benzene rings is 1. The van der Waals surface area contributed by atoms with Crippen molar-refractivity contribution < 1.29 is 32.2 Å². The number of aromatic nitrogens is 2. The molecule has 0 bridgehead atoms. The molecule has 0 radical (unpaired) electrons. The first-order chi connectivity index (χ1) is 11.7. The minimum atomic E-state index is -4.91. The van der Waals surface area contributed by atoms with Crippen LogP contribution in [0.4, 0.5) is 13.2 Å². The van der Waals surface area contributed by atoms with E-state index in [1.54, 1.807) is 13.8 Å². The number of rotatable bonds is 6. The maximum atomic E-state index is 12.6. The first-order valence-corrected chi connectivity index (χ1v) is 7.52. The largest absolute Gasteiger partial charge is 0.573 e. The fraction of sp³-hybridized carbons (Fsp3) is 0.333. The quantitative estimate of drug-likeness (QED) is 0.616. The van der Waals surface area contributed by atoms with E-state index in [4.69, 9.17) is 9.47 Å². The van der Waals surface area contributed by atoms with Gasteiger partial charge in [0.15, 0.2) is 0 Å². The molecule has 0 N–H and O–H groups in total. The average molecular weight is 376 g/mol. The van der Waals surface area contributed by atoms with Crippen molar-refractivity contribution in [3.05, 3.63) is 41.6 Å². The summed E-state index contributed by atoms with van der Waals surface area (Å²) in [5.74, 6) is -1.20. The molecule has 136 valence electrons. The Morgan fingerprint density at radius 2 is 2.04 bits per heavy atom. The highest BCUT2D eigenvalue weighted by molar-refractivity contribution is 7.78. The van der Waals surface area contributed by atoms with Gasteiger partial charge >= 0.3 is 12.3 Å². The van der Waals surface area contributed by atoms with Crippen molar-refractivity contribution >= 4 is 18.8 Å². The van der Waals surface area contributed by atoms with Crippen LogP contribution in [0.1, 0.15) is 29.8 Å². The number of hydrogen-bond donors (Lipinski definition) is 1. The number of thiol groups is 1. The monoisotopic (exact) mass is 376 g/mol. The Morgan fingerprint density at radius 1 is 1.32 bits per heavy atom. The van der Waals surface area contributed by atoms with Crippen LogP contribution < -0.4 is 9.47 Å². The van der Waals surface area contributed by atoms with Gasteiger partial charge in [0, 0.05) is 17.8 Å². The highest BCUT2D eigenvalue weighted by atomic mass is 32.1. The standard InChI is InChI=1S/C15H15F3N2O4S/c1-9(2)23-14(21)10-4-3-5-12(24-15(16,17)18)11(10)8-22-13-6-7-20(25)19-13/h3-7,9,25H,8H2,1-2H3. The minimum Gasteiger partial charge on any atom is -0.472 e. The van der Waals surface area contributed by atoms with Crippen LogP contribution in [-0.4, -0.2) is 27.6 Å². The lowest BCUT2D eigenvalue weighted by atomic mass is 10.1. The fourth-order valence-corrected chi connectivity index (χ4v) is 2.08. The van der Waals surface area contributed by atoms with E-state index in [1.165, 1.54) is 28.5 Å². The molecule has 6 nitrogen and oxygen atoms in total. The Kier molecular flexibility index (Phi) is 5.83. The van der Waals surface area contributed by atoms with Gasteiger partial charge < -0.3 is 14.2 Å². The van der Waals surface area contributed by atoms with Gasteiger partial charge in [-0.15, -0.1) is 18.3 Å². The van der Waals surface area contributed by atoms with E-state index in [9.17, 15) is 18.0 Å². The minimum absolute atomic E-state index is 0.0826. The third kappa shape index (κ3) is 5.59. The summed E-state index contributed by atoms with van der Waals surface area (Å²) < 4.78 is 53.4. The maximum absolute atomic E-state index is 12.6. The molecule has 0 spiro atoms. The van der Waals surface area contributed by atoms with E-state index in [0.717, 1.165) is 6.07 Å². The molecule has 0 amide bonds. The van der Waals surface area contributed by atoms with Gasteiger partial charge in [0.25, 0.3) is 0 Å². The van der Waals surface area contributed by atoms with E-state index in [2.05, 4.69) is 22.7 Å². The number of esters is 1. The topological polar surface area (TPSA) is 62.6 Å². The molecule has 2 aromatic rings. The van der Waals surface area contributed by atoms with E-state index in [-0.39, 0.29) is 23.6 Å². The first kappa shape index (κ1) is 19.0. The number of ether oxygens (including phenoxy) is 3. The summed E-state index contributed by atoms with van der Waals surface area (Å²) in [4.78, 5) is 12.2. The third-order valence-electron chi connectivity index (χ3n) is 2.84. The molecule has 1 aromatic heterocycles. The van der Waals surface area contributed by atoms with Crippen molar-refractivity contribution in [2.24, 2.45) is 0 Å². The Morgan fingerprint density at radius 3 is 2.60 bits per heavy atom. The van der Waals surface area contributed by atoms with Crippen molar-refractivity contribution in [1.82, 2.24) is 9.19 Å². The molecule has 0 aliphatic carbocycles. The van der Waals surface area contributed by atoms with E-state index < -0.39 is 24.2 Å². The average Bonchev–Trinajstić information content (AvgIpc) is 2.89. The summed E-state index contributed by atoms with van der Waals surface area (Å²) >= 11 is 3.93. The van der Waals surface area contributed by atoms with Crippen molar-refractivity contribution in [3.63, 3.8) is 0 Å². The lowest BCUT2D eigenvalue weighted by Gasteiger charge is -2.17. The molecule has 0 atom stereocenters. The number of halogens is 3. The Balaban J connectivity index is 2.34. The van der Waals surface area contributed by atoms with Crippen molar-refractivity contribution in [3.8, 4) is 11.6 Å². The zero-order valence-electron chi connectivity index (χ0n) is 13.3. The van der Waals surface area contributed by atoms with Crippen LogP contribution in [0.3, 0.4) is 0 Å². The lowest BCUT2D eigenvalue weighted by molar-refractivity contribution is -0.275. The molecule has 25 heavy (non-hydrogen) atoms. The van der Waals surface area contributed by atoms with Gasteiger partial charge in [-0.05, 0) is 38.8 Å². The summed E-state index contributed by atoms with van der Waals surface area (Å²) in [6.45, 7) is 2.88. The van der Waals surface area contributed by atoms with Crippen LogP contribution in [0.5, 0.6) is 11.6 Å². The van der Waals surface area contributed by atoms with Crippen LogP contribution in [0.15, 0.2) is 30.5 Å². The molecule has 0 aliphatic rings. The zero-order valence-corrected chi connectivity index (χ0v) is 14.2. The molecule has 0 saturated carbocycles. The zero-order chi connectivity index (χ0) is 18.6. The van der Waals surface area contributed by atoms with Gasteiger partial charge in [-0.1, -0.05) is 6.07 Å². The Hall–Kier alpha value is -2.36. The Labute approximate surface area is 147 Å². The summed E-state index contributed by atoms with van der Waals surface area (Å²) in [6, 6.07) is 5.16. The molecule has 0 fully saturated rings. The molecule has 0 unspecified atom stereocenters. The molecule has 10 heteroatoms. The summed E-state index contributed by atoms with van der Waals surface area (Å²) in [6.07, 6.45) is -3.87. The van der Waals surface area contributed by atoms with E-state index >= 15 is 0 Å². The molecule has 1 heterocycles. The van der Waals surface area contributed by atoms with Gasteiger partial charge in [-0.25, -0.2) is 8.88 Å². The Bertz CT molecular complexity index is 747. The smallest absolute Gasteiger partial charge is 0.472 e. The second kappa shape index (κ2) is 7.68. The number of nitrogens with zero attached hydrogens (tertiary/aromatic N) is 2. The second-order valence-electron chi connectivity index (χ2n) is 5.15. The lowest BCUT2D eigenvalue weighted by Crippen LogP contribution is -2.20. The molecular weight excluding hydrogens is 361 g/mol. The first-order valence-electron chi connectivity index (χ1n) is 7.12. The van der Waals surface area contributed by atoms with Gasteiger partial charge in [-0.3, -0.25) is 0 Å². The summed E-state index contributed by atoms with van der Waals surface area (Å²) in [5, 5.41) is 3.83. The maximum Gasteiger partial charge on any atom is 0.573 e. The van der Waals surface area contributed by atoms with E-state index in [0.29, 0.717) is 0 Å². The normalized spacial score (nSPS) is 11.5. The van der Waals surface area contributed by atoms with Gasteiger partial charge in [0.2, 0.25) is 5.88 Å². The molecule has 0 aliphatic heterocycles. The number of carbonyl (C=O) groups is 1. The van der Waals surface area contributed by atoms with Crippen LogP contribution >= 0.6 is 12.8 Å². The predicted octanol–water partition coefficient (Wildman–Crippen LogP) is 3.62. The van der Waals surface area contributed by atoms with Gasteiger partial charge in [0.05, 0.1) is 11.7 Å². The molecule has 1 aromatic carbocycles. The summed E-state index contributed by atoms with van der Waals surface area (Å²) in [5.41, 5.74) is -0.181. The van der Waals surface area contributed by atoms with Crippen LogP contribution in [0.25, 0.3) is 0 Å². The van der Waals surface area contributed by atoms with Crippen LogP contribution in [0, 0.1) is 0 Å². The van der Waals surface area contributed by atoms with Gasteiger partial charge in [-0.2, -0.15) is 0 Å². The van der Waals surface area contributed by atoms with Crippen LogP contribution in [-0.2, 0) is 11.3 Å². The molecule has 2 rings (SSSR count). The molecule has 0 saturated heterocycles. The second-order valence-corrected chi connectivity index (χ2v) is 5.56. The SMILES string of the molecule is CC(C)OC(=O)c1cccc(OC(F)(F)F)c1COc1ccn(S)n1. The van der Waals surface area contributed by atoms with Crippen molar-refractivity contribution in [2.45, 2.75) is 32.9 Å².